The normalized spacial score (nSPS) is 18.6. The van der Waals surface area contributed by atoms with Crippen LogP contribution in [0.5, 0.6) is 5.75 Å². The van der Waals surface area contributed by atoms with Crippen molar-refractivity contribution in [2.45, 2.75) is 51.1 Å². The molecule has 1 saturated heterocycles. The minimum atomic E-state index is 0.00220. The number of hydrogen-bond donors (Lipinski definition) is 0. The zero-order valence-electron chi connectivity index (χ0n) is 17.8. The Labute approximate surface area is 181 Å². The highest BCUT2D eigenvalue weighted by atomic mass is 16.5. The van der Waals surface area contributed by atoms with Crippen molar-refractivity contribution in [1.82, 2.24) is 14.5 Å². The van der Waals surface area contributed by atoms with E-state index in [1.807, 2.05) is 17.0 Å². The van der Waals surface area contributed by atoms with Gasteiger partial charge in [-0.2, -0.15) is 0 Å². The van der Waals surface area contributed by atoms with Gasteiger partial charge >= 0.3 is 0 Å². The predicted molar refractivity (Wildman–Crippen MR) is 120 cm³/mol. The lowest BCUT2D eigenvalue weighted by Crippen LogP contribution is -2.35. The van der Waals surface area contributed by atoms with Crippen LogP contribution in [-0.2, 0) is 13.0 Å². The summed E-state index contributed by atoms with van der Waals surface area (Å²) in [5.74, 6) is 1.65. The number of carbonyl (C=O) groups is 1. The second kappa shape index (κ2) is 8.17. The maximum atomic E-state index is 13.6. The van der Waals surface area contributed by atoms with Gasteiger partial charge in [-0.15, -0.1) is 0 Å². The fourth-order valence-corrected chi connectivity index (χ4v) is 4.91. The van der Waals surface area contributed by atoms with Gasteiger partial charge in [-0.05, 0) is 55.2 Å². The molecule has 0 spiro atoms. The van der Waals surface area contributed by atoms with Gasteiger partial charge in [0, 0.05) is 25.1 Å². The summed E-state index contributed by atoms with van der Waals surface area (Å²) in [4.78, 5) is 33.1. The summed E-state index contributed by atoms with van der Waals surface area (Å²) in [7, 11) is 1.66. The first-order chi connectivity index (χ1) is 15.2. The number of fused-ring (bicyclic) bond motifs is 2. The maximum Gasteiger partial charge on any atom is 0.261 e. The summed E-state index contributed by atoms with van der Waals surface area (Å²) in [6, 6.07) is 13.4. The number of rotatable bonds is 3. The SMILES string of the molecule is COc1ccc([C@@H]2CCCCCN2C(=O)c2ccc3c(=O)n4c(nc3c2)CCC4)cc1. The standard InChI is InChI=1S/C25H27N3O3/c1-31-19-11-8-17(9-12-19)22-6-3-2-4-14-27(22)24(29)18-10-13-20-21(16-18)26-23-7-5-15-28(23)25(20)30/h8-13,16,22H,2-7,14-15H2,1H3/t22-/m0/s1. The van der Waals surface area contributed by atoms with Gasteiger partial charge in [0.15, 0.2) is 0 Å². The lowest BCUT2D eigenvalue weighted by molar-refractivity contribution is 0.0681. The molecule has 5 rings (SSSR count). The third-order valence-corrected chi connectivity index (χ3v) is 6.58. The lowest BCUT2D eigenvalue weighted by Gasteiger charge is -2.31. The number of likely N-dealkylation sites (tertiary alicyclic amines) is 1. The van der Waals surface area contributed by atoms with Gasteiger partial charge in [0.2, 0.25) is 0 Å². The Kier molecular flexibility index (Phi) is 5.22. The van der Waals surface area contributed by atoms with E-state index in [1.165, 1.54) is 0 Å². The molecule has 6 heteroatoms. The third kappa shape index (κ3) is 3.60. The van der Waals surface area contributed by atoms with Gasteiger partial charge in [-0.1, -0.05) is 25.0 Å². The van der Waals surface area contributed by atoms with Crippen molar-refractivity contribution in [3.63, 3.8) is 0 Å². The second-order valence-electron chi connectivity index (χ2n) is 8.46. The number of aromatic nitrogens is 2. The molecule has 6 nitrogen and oxygen atoms in total. The van der Waals surface area contributed by atoms with E-state index in [9.17, 15) is 9.59 Å². The topological polar surface area (TPSA) is 64.4 Å². The van der Waals surface area contributed by atoms with Crippen LogP contribution in [0.1, 0.15) is 59.9 Å². The largest absolute Gasteiger partial charge is 0.497 e. The quantitative estimate of drug-likeness (QED) is 0.643. The van der Waals surface area contributed by atoms with Crippen molar-refractivity contribution in [2.75, 3.05) is 13.7 Å². The van der Waals surface area contributed by atoms with Crippen LogP contribution in [0, 0.1) is 0 Å². The van der Waals surface area contributed by atoms with E-state index < -0.39 is 0 Å². The van der Waals surface area contributed by atoms with Crippen LogP contribution >= 0.6 is 0 Å². The summed E-state index contributed by atoms with van der Waals surface area (Å²) >= 11 is 0. The number of hydrogen-bond acceptors (Lipinski definition) is 4. The van der Waals surface area contributed by atoms with Gasteiger partial charge in [0.05, 0.1) is 24.1 Å². The molecule has 2 aromatic carbocycles. The zero-order chi connectivity index (χ0) is 21.4. The van der Waals surface area contributed by atoms with Crippen molar-refractivity contribution in [2.24, 2.45) is 0 Å². The Morgan fingerprint density at radius 3 is 2.68 bits per heavy atom. The molecule has 2 aliphatic heterocycles. The summed E-state index contributed by atoms with van der Waals surface area (Å²) in [5, 5.41) is 0.588. The summed E-state index contributed by atoms with van der Waals surface area (Å²) in [5.41, 5.74) is 2.36. The summed E-state index contributed by atoms with van der Waals surface area (Å²) in [6.07, 6.45) is 5.93. The number of ether oxygens (including phenoxy) is 1. The van der Waals surface area contributed by atoms with E-state index in [-0.39, 0.29) is 17.5 Å². The molecule has 1 amide bonds. The molecule has 31 heavy (non-hydrogen) atoms. The average Bonchev–Trinajstić information content (AvgIpc) is 3.14. The molecule has 0 radical (unpaired) electrons. The molecule has 0 aliphatic carbocycles. The first kappa shape index (κ1) is 19.8. The molecule has 1 atom stereocenters. The highest BCUT2D eigenvalue weighted by Crippen LogP contribution is 2.32. The Hall–Kier alpha value is -3.15. The van der Waals surface area contributed by atoms with Crippen LogP contribution < -0.4 is 10.3 Å². The van der Waals surface area contributed by atoms with Crippen LogP contribution in [-0.4, -0.2) is 34.0 Å². The third-order valence-electron chi connectivity index (χ3n) is 6.58. The minimum Gasteiger partial charge on any atom is -0.497 e. The number of aryl methyl sites for hydroxylation is 1. The molecule has 160 valence electrons. The lowest BCUT2D eigenvalue weighted by atomic mass is 9.99. The van der Waals surface area contributed by atoms with Crippen LogP contribution in [0.2, 0.25) is 0 Å². The molecule has 0 N–H and O–H groups in total. The summed E-state index contributed by atoms with van der Waals surface area (Å²) in [6.45, 7) is 1.46. The van der Waals surface area contributed by atoms with E-state index in [1.54, 1.807) is 29.9 Å². The molecule has 1 aromatic heterocycles. The summed E-state index contributed by atoms with van der Waals surface area (Å²) < 4.78 is 7.05. The van der Waals surface area contributed by atoms with E-state index in [2.05, 4.69) is 12.1 Å². The first-order valence-electron chi connectivity index (χ1n) is 11.1. The van der Waals surface area contributed by atoms with E-state index in [0.29, 0.717) is 16.5 Å². The number of carbonyl (C=O) groups excluding carboxylic acids is 1. The number of benzene rings is 2. The maximum absolute atomic E-state index is 13.6. The molecular weight excluding hydrogens is 390 g/mol. The van der Waals surface area contributed by atoms with Gasteiger partial charge in [-0.25, -0.2) is 4.98 Å². The van der Waals surface area contributed by atoms with E-state index >= 15 is 0 Å². The van der Waals surface area contributed by atoms with Crippen LogP contribution in [0.4, 0.5) is 0 Å². The Morgan fingerprint density at radius 1 is 1.03 bits per heavy atom. The molecule has 0 unspecified atom stereocenters. The van der Waals surface area contributed by atoms with E-state index in [4.69, 9.17) is 9.72 Å². The van der Waals surface area contributed by atoms with Gasteiger partial charge in [-0.3, -0.25) is 14.2 Å². The Balaban J connectivity index is 1.51. The molecule has 3 heterocycles. The first-order valence-corrected chi connectivity index (χ1v) is 11.1. The van der Waals surface area contributed by atoms with Crippen molar-refractivity contribution < 1.29 is 9.53 Å². The fourth-order valence-electron chi connectivity index (χ4n) is 4.91. The number of methoxy groups -OCH3 is 1. The van der Waals surface area contributed by atoms with Gasteiger partial charge < -0.3 is 9.64 Å². The van der Waals surface area contributed by atoms with Crippen molar-refractivity contribution in [1.29, 1.82) is 0 Å². The number of nitrogens with zero attached hydrogens (tertiary/aromatic N) is 3. The molecule has 1 fully saturated rings. The molecular formula is C25H27N3O3. The highest BCUT2D eigenvalue weighted by Gasteiger charge is 2.28. The predicted octanol–water partition coefficient (Wildman–Crippen LogP) is 4.11. The Morgan fingerprint density at radius 2 is 1.87 bits per heavy atom. The highest BCUT2D eigenvalue weighted by molar-refractivity contribution is 5.98. The molecule has 0 saturated carbocycles. The fraction of sp³-hybridized carbons (Fsp3) is 0.400. The number of amides is 1. The molecule has 3 aromatic rings. The molecule has 2 aliphatic rings. The van der Waals surface area contributed by atoms with Crippen LogP contribution in [0.15, 0.2) is 47.3 Å². The second-order valence-corrected chi connectivity index (χ2v) is 8.46. The van der Waals surface area contributed by atoms with Gasteiger partial charge in [0.1, 0.15) is 11.6 Å². The Bertz CT molecular complexity index is 1180. The minimum absolute atomic E-state index is 0.00220. The van der Waals surface area contributed by atoms with Crippen molar-refractivity contribution in [3.05, 3.63) is 69.8 Å². The van der Waals surface area contributed by atoms with Crippen molar-refractivity contribution >= 4 is 16.8 Å². The smallest absolute Gasteiger partial charge is 0.261 e. The van der Waals surface area contributed by atoms with Crippen LogP contribution in [0.25, 0.3) is 10.9 Å². The van der Waals surface area contributed by atoms with E-state index in [0.717, 1.165) is 68.8 Å². The monoisotopic (exact) mass is 417 g/mol. The van der Waals surface area contributed by atoms with Crippen molar-refractivity contribution in [3.8, 4) is 5.75 Å². The zero-order valence-corrected chi connectivity index (χ0v) is 17.8. The van der Waals surface area contributed by atoms with Crippen LogP contribution in [0.3, 0.4) is 0 Å². The molecule has 0 bridgehead atoms. The average molecular weight is 418 g/mol. The van der Waals surface area contributed by atoms with Gasteiger partial charge in [0.25, 0.3) is 11.5 Å².